The van der Waals surface area contributed by atoms with Crippen molar-refractivity contribution in [2.45, 2.75) is 25.6 Å². The minimum Gasteiger partial charge on any atom is -0.389 e. The summed E-state index contributed by atoms with van der Waals surface area (Å²) < 4.78 is 5.28. The Hall–Kier alpha value is -0.420. The van der Waals surface area contributed by atoms with E-state index in [4.69, 9.17) is 4.74 Å². The van der Waals surface area contributed by atoms with Crippen LogP contribution in [0.25, 0.3) is 0 Å². The minimum absolute atomic E-state index is 0.164. The van der Waals surface area contributed by atoms with Crippen LogP contribution in [0.4, 0.5) is 0 Å². The highest BCUT2D eigenvalue weighted by atomic mass is 32.1. The maximum atomic E-state index is 9.76. The van der Waals surface area contributed by atoms with E-state index in [-0.39, 0.29) is 12.1 Å². The summed E-state index contributed by atoms with van der Waals surface area (Å²) in [6.07, 6.45) is -0.329. The maximum Gasteiger partial charge on any atom is 0.0950 e. The highest BCUT2D eigenvalue weighted by Crippen LogP contribution is 2.18. The average Bonchev–Trinajstić information content (AvgIpc) is 2.85. The van der Waals surface area contributed by atoms with Crippen LogP contribution in [0.1, 0.15) is 11.8 Å². The molecule has 0 radical (unpaired) electrons. The number of rotatable bonds is 4. The Labute approximate surface area is 94.3 Å². The van der Waals surface area contributed by atoms with Gasteiger partial charge in [-0.3, -0.25) is 4.90 Å². The van der Waals surface area contributed by atoms with E-state index in [2.05, 4.69) is 29.3 Å². The van der Waals surface area contributed by atoms with Gasteiger partial charge in [0.15, 0.2) is 0 Å². The van der Waals surface area contributed by atoms with Crippen LogP contribution in [0.2, 0.25) is 0 Å². The third kappa shape index (κ3) is 2.58. The van der Waals surface area contributed by atoms with Crippen LogP contribution < -0.4 is 0 Å². The highest BCUT2D eigenvalue weighted by molar-refractivity contribution is 7.09. The summed E-state index contributed by atoms with van der Waals surface area (Å²) >= 11 is 1.76. The predicted molar refractivity (Wildman–Crippen MR) is 61.0 cm³/mol. The summed E-state index contributed by atoms with van der Waals surface area (Å²) in [5.74, 6) is 0. The number of ether oxygens (including phenoxy) is 1. The monoisotopic (exact) mass is 227 g/mol. The first kappa shape index (κ1) is 11.1. The smallest absolute Gasteiger partial charge is 0.0950 e. The van der Waals surface area contributed by atoms with Crippen molar-refractivity contribution in [3.8, 4) is 0 Å². The van der Waals surface area contributed by atoms with Gasteiger partial charge in [-0.25, -0.2) is 0 Å². The molecule has 1 fully saturated rings. The molecule has 0 aliphatic carbocycles. The Morgan fingerprint density at radius 2 is 2.47 bits per heavy atom. The molecular formula is C11H17NO2S. The highest BCUT2D eigenvalue weighted by Gasteiger charge is 2.30. The Balaban J connectivity index is 1.97. The van der Waals surface area contributed by atoms with E-state index in [1.807, 2.05) is 0 Å². The number of aliphatic hydroxyl groups excluding tert-OH is 1. The largest absolute Gasteiger partial charge is 0.389 e. The molecular weight excluding hydrogens is 210 g/mol. The standard InChI is InChI=1S/C11H17NO2S/c1-2-12(6-9-4-3-5-15-9)10-7-14-8-11(10)13/h3-5,10-11,13H,2,6-8H2,1H3/t10?,11-/m1/s1. The zero-order valence-corrected chi connectivity index (χ0v) is 9.74. The van der Waals surface area contributed by atoms with E-state index >= 15 is 0 Å². The second-order valence-corrected chi connectivity index (χ2v) is 4.85. The molecule has 2 rings (SSSR count). The van der Waals surface area contributed by atoms with Crippen LogP contribution in [0.15, 0.2) is 17.5 Å². The van der Waals surface area contributed by atoms with Gasteiger partial charge in [0.1, 0.15) is 0 Å². The van der Waals surface area contributed by atoms with Crippen LogP contribution in [0, 0.1) is 0 Å². The number of hydrogen-bond acceptors (Lipinski definition) is 4. The summed E-state index contributed by atoms with van der Waals surface area (Å²) in [6.45, 7) is 5.12. The van der Waals surface area contributed by atoms with Gasteiger partial charge in [-0.1, -0.05) is 13.0 Å². The molecule has 0 saturated carbocycles. The molecule has 1 N–H and O–H groups in total. The topological polar surface area (TPSA) is 32.7 Å². The summed E-state index contributed by atoms with van der Waals surface area (Å²) in [5.41, 5.74) is 0. The van der Waals surface area contributed by atoms with Gasteiger partial charge in [-0.05, 0) is 18.0 Å². The third-order valence-corrected chi connectivity index (χ3v) is 3.70. The Morgan fingerprint density at radius 1 is 1.60 bits per heavy atom. The first-order chi connectivity index (χ1) is 7.31. The molecule has 0 spiro atoms. The van der Waals surface area contributed by atoms with Crippen LogP contribution in [0.5, 0.6) is 0 Å². The summed E-state index contributed by atoms with van der Waals surface area (Å²) in [4.78, 5) is 3.62. The van der Waals surface area contributed by atoms with E-state index in [0.29, 0.717) is 13.2 Å². The molecule has 15 heavy (non-hydrogen) atoms. The zero-order valence-electron chi connectivity index (χ0n) is 8.93. The van der Waals surface area contributed by atoms with Gasteiger partial charge in [-0.2, -0.15) is 0 Å². The van der Waals surface area contributed by atoms with Gasteiger partial charge < -0.3 is 9.84 Å². The van der Waals surface area contributed by atoms with Crippen molar-refractivity contribution in [3.63, 3.8) is 0 Å². The molecule has 1 saturated heterocycles. The molecule has 84 valence electrons. The first-order valence-electron chi connectivity index (χ1n) is 5.33. The molecule has 1 aromatic rings. The van der Waals surface area contributed by atoms with Crippen molar-refractivity contribution in [2.24, 2.45) is 0 Å². The van der Waals surface area contributed by atoms with Crippen molar-refractivity contribution < 1.29 is 9.84 Å². The van der Waals surface area contributed by atoms with Crippen molar-refractivity contribution >= 4 is 11.3 Å². The SMILES string of the molecule is CCN(Cc1cccs1)C1COC[C@H]1O. The van der Waals surface area contributed by atoms with Gasteiger partial charge in [0, 0.05) is 11.4 Å². The quantitative estimate of drug-likeness (QED) is 0.842. The van der Waals surface area contributed by atoms with Crippen LogP contribution in [-0.4, -0.2) is 41.9 Å². The predicted octanol–water partition coefficient (Wildman–Crippen LogP) is 1.33. The third-order valence-electron chi connectivity index (χ3n) is 2.84. The minimum atomic E-state index is -0.329. The van der Waals surface area contributed by atoms with Crippen LogP contribution in [-0.2, 0) is 11.3 Å². The van der Waals surface area contributed by atoms with Gasteiger partial charge in [0.05, 0.1) is 25.4 Å². The number of likely N-dealkylation sites (N-methyl/N-ethyl adjacent to an activating group) is 1. The molecule has 1 aliphatic heterocycles. The van der Waals surface area contributed by atoms with Gasteiger partial charge in [-0.15, -0.1) is 11.3 Å². The number of nitrogens with zero attached hydrogens (tertiary/aromatic N) is 1. The fourth-order valence-corrected chi connectivity index (χ4v) is 2.68. The fourth-order valence-electron chi connectivity index (χ4n) is 1.95. The summed E-state index contributed by atoms with van der Waals surface area (Å²) in [7, 11) is 0. The second-order valence-electron chi connectivity index (χ2n) is 3.81. The number of aliphatic hydroxyl groups is 1. The average molecular weight is 227 g/mol. The molecule has 1 aliphatic rings. The molecule has 2 heterocycles. The van der Waals surface area contributed by atoms with Crippen molar-refractivity contribution in [2.75, 3.05) is 19.8 Å². The molecule has 1 aromatic heterocycles. The molecule has 4 heteroatoms. The zero-order chi connectivity index (χ0) is 10.7. The van der Waals surface area contributed by atoms with Gasteiger partial charge >= 0.3 is 0 Å². The summed E-state index contributed by atoms with van der Waals surface area (Å²) in [6, 6.07) is 4.36. The van der Waals surface area contributed by atoms with Crippen molar-refractivity contribution in [1.29, 1.82) is 0 Å². The summed E-state index contributed by atoms with van der Waals surface area (Å²) in [5, 5.41) is 11.8. The van der Waals surface area contributed by atoms with E-state index in [1.54, 1.807) is 11.3 Å². The molecule has 2 atom stereocenters. The molecule has 0 amide bonds. The lowest BCUT2D eigenvalue weighted by atomic mass is 10.2. The van der Waals surface area contributed by atoms with E-state index in [1.165, 1.54) is 4.88 Å². The van der Waals surface area contributed by atoms with Gasteiger partial charge in [0.25, 0.3) is 0 Å². The normalized spacial score (nSPS) is 26.3. The van der Waals surface area contributed by atoms with Crippen molar-refractivity contribution in [1.82, 2.24) is 4.90 Å². The number of hydrogen-bond donors (Lipinski definition) is 1. The molecule has 0 bridgehead atoms. The maximum absolute atomic E-state index is 9.76. The van der Waals surface area contributed by atoms with E-state index in [9.17, 15) is 5.11 Å². The molecule has 0 aromatic carbocycles. The molecule has 1 unspecified atom stereocenters. The van der Waals surface area contributed by atoms with Crippen LogP contribution in [0.3, 0.4) is 0 Å². The Morgan fingerprint density at radius 3 is 3.00 bits per heavy atom. The first-order valence-corrected chi connectivity index (χ1v) is 6.21. The fraction of sp³-hybridized carbons (Fsp3) is 0.636. The second kappa shape index (κ2) is 5.07. The number of thiophene rings is 1. The molecule has 3 nitrogen and oxygen atoms in total. The lowest BCUT2D eigenvalue weighted by molar-refractivity contribution is 0.0814. The lowest BCUT2D eigenvalue weighted by Gasteiger charge is -2.27. The van der Waals surface area contributed by atoms with Crippen molar-refractivity contribution in [3.05, 3.63) is 22.4 Å². The van der Waals surface area contributed by atoms with Crippen LogP contribution >= 0.6 is 11.3 Å². The Kier molecular flexibility index (Phi) is 3.75. The van der Waals surface area contributed by atoms with E-state index in [0.717, 1.165) is 13.1 Å². The van der Waals surface area contributed by atoms with Gasteiger partial charge in [0.2, 0.25) is 0 Å². The lowest BCUT2D eigenvalue weighted by Crippen LogP contribution is -2.42. The Bertz CT molecular complexity index is 289. The van der Waals surface area contributed by atoms with E-state index < -0.39 is 0 Å².